The highest BCUT2D eigenvalue weighted by Gasteiger charge is 2.36. The van der Waals surface area contributed by atoms with Gasteiger partial charge >= 0.3 is 11.9 Å². The molecule has 2 atom stereocenters. The van der Waals surface area contributed by atoms with Gasteiger partial charge in [-0.25, -0.2) is 4.79 Å². The van der Waals surface area contributed by atoms with Crippen LogP contribution in [0.2, 0.25) is 0 Å². The topological polar surface area (TPSA) is 65.1 Å². The zero-order chi connectivity index (χ0) is 20.5. The van der Waals surface area contributed by atoms with Crippen LogP contribution in [0.3, 0.4) is 0 Å². The lowest BCUT2D eigenvalue weighted by molar-refractivity contribution is -0.149. The van der Waals surface area contributed by atoms with Gasteiger partial charge in [0, 0.05) is 12.5 Å². The second-order valence-electron chi connectivity index (χ2n) is 7.67. The largest absolute Gasteiger partial charge is 0.462 e. The number of carbonyl (C=O) groups excluding carboxylic acids is 2. The highest BCUT2D eigenvalue weighted by atomic mass is 16.6. The van der Waals surface area contributed by atoms with Gasteiger partial charge in [-0.3, -0.25) is 4.79 Å². The predicted molar refractivity (Wildman–Crippen MR) is 111 cm³/mol. The normalized spacial score (nSPS) is 17.9. The fraction of sp³-hybridized carbons (Fsp3) is 0.826. The molecule has 0 spiro atoms. The molecule has 162 valence electrons. The Morgan fingerprint density at radius 3 is 1.96 bits per heavy atom. The van der Waals surface area contributed by atoms with E-state index in [0.717, 1.165) is 25.3 Å². The smallest absolute Gasteiger partial charge is 0.330 e. The van der Waals surface area contributed by atoms with Crippen LogP contribution >= 0.6 is 0 Å². The SMILES string of the molecule is C=CC(=O)OCCOC(=O)CCCCCCCC1OC1CCCCCCCC. The molecule has 28 heavy (non-hydrogen) atoms. The van der Waals surface area contributed by atoms with Crippen molar-refractivity contribution >= 4 is 11.9 Å². The van der Waals surface area contributed by atoms with E-state index in [0.29, 0.717) is 18.6 Å². The Kier molecular flexibility index (Phi) is 14.6. The number of unbranched alkanes of at least 4 members (excludes halogenated alkanes) is 9. The number of rotatable bonds is 19. The molecule has 0 aliphatic carbocycles. The minimum Gasteiger partial charge on any atom is -0.462 e. The third-order valence-electron chi connectivity index (χ3n) is 5.16. The average Bonchev–Trinajstić information content (AvgIpc) is 3.45. The summed E-state index contributed by atoms with van der Waals surface area (Å²) in [5.41, 5.74) is 0. The molecule has 0 saturated carbocycles. The second-order valence-corrected chi connectivity index (χ2v) is 7.67. The number of ether oxygens (including phenoxy) is 3. The van der Waals surface area contributed by atoms with E-state index >= 15 is 0 Å². The van der Waals surface area contributed by atoms with Crippen molar-refractivity contribution in [3.05, 3.63) is 12.7 Å². The van der Waals surface area contributed by atoms with Gasteiger partial charge in [0.15, 0.2) is 0 Å². The van der Waals surface area contributed by atoms with E-state index in [1.807, 2.05) is 0 Å². The van der Waals surface area contributed by atoms with Gasteiger partial charge in [0.05, 0.1) is 12.2 Å². The Bertz CT molecular complexity index is 435. The van der Waals surface area contributed by atoms with Gasteiger partial charge in [-0.1, -0.05) is 77.7 Å². The molecule has 5 nitrogen and oxygen atoms in total. The minimum atomic E-state index is -0.499. The molecule has 0 aromatic carbocycles. The van der Waals surface area contributed by atoms with Crippen molar-refractivity contribution in [1.82, 2.24) is 0 Å². The lowest BCUT2D eigenvalue weighted by atomic mass is 10.0. The van der Waals surface area contributed by atoms with E-state index in [9.17, 15) is 9.59 Å². The molecule has 5 heteroatoms. The quantitative estimate of drug-likeness (QED) is 0.125. The zero-order valence-corrected chi connectivity index (χ0v) is 17.8. The van der Waals surface area contributed by atoms with Gasteiger partial charge in [0.1, 0.15) is 13.2 Å². The monoisotopic (exact) mass is 396 g/mol. The molecule has 0 radical (unpaired) electrons. The minimum absolute atomic E-state index is 0.0830. The van der Waals surface area contributed by atoms with E-state index in [1.54, 1.807) is 0 Å². The molecule has 1 aliphatic rings. The Labute approximate surface area is 171 Å². The maximum atomic E-state index is 11.5. The van der Waals surface area contributed by atoms with Crippen molar-refractivity contribution in [2.45, 2.75) is 109 Å². The van der Waals surface area contributed by atoms with Crippen LogP contribution in [-0.4, -0.2) is 37.4 Å². The Balaban J connectivity index is 1.79. The van der Waals surface area contributed by atoms with Crippen LogP contribution in [0.1, 0.15) is 96.8 Å². The number of hydrogen-bond acceptors (Lipinski definition) is 5. The molecule has 1 saturated heterocycles. The maximum absolute atomic E-state index is 11.5. The van der Waals surface area contributed by atoms with Gasteiger partial charge in [-0.2, -0.15) is 0 Å². The highest BCUT2D eigenvalue weighted by molar-refractivity contribution is 5.81. The molecule has 1 aliphatic heterocycles. The second kappa shape index (κ2) is 16.6. The van der Waals surface area contributed by atoms with Gasteiger partial charge in [0.25, 0.3) is 0 Å². The average molecular weight is 397 g/mol. The van der Waals surface area contributed by atoms with Crippen LogP contribution in [-0.2, 0) is 23.8 Å². The summed E-state index contributed by atoms with van der Waals surface area (Å²) in [6, 6.07) is 0. The first kappa shape index (κ1) is 24.7. The van der Waals surface area contributed by atoms with Crippen molar-refractivity contribution in [1.29, 1.82) is 0 Å². The summed E-state index contributed by atoms with van der Waals surface area (Å²) >= 11 is 0. The maximum Gasteiger partial charge on any atom is 0.330 e. The fourth-order valence-corrected chi connectivity index (χ4v) is 3.39. The lowest BCUT2D eigenvalue weighted by Gasteiger charge is -2.05. The molecular formula is C23H40O5. The van der Waals surface area contributed by atoms with E-state index in [4.69, 9.17) is 14.2 Å². The molecule has 0 aromatic rings. The Hall–Kier alpha value is -1.36. The van der Waals surface area contributed by atoms with Crippen LogP contribution in [0, 0.1) is 0 Å². The van der Waals surface area contributed by atoms with Crippen LogP contribution in [0.5, 0.6) is 0 Å². The predicted octanol–water partition coefficient (Wildman–Crippen LogP) is 5.51. The van der Waals surface area contributed by atoms with Crippen molar-refractivity contribution in [2.24, 2.45) is 0 Å². The zero-order valence-electron chi connectivity index (χ0n) is 17.8. The summed E-state index contributed by atoms with van der Waals surface area (Å²) in [4.78, 5) is 22.4. The summed E-state index contributed by atoms with van der Waals surface area (Å²) in [6.45, 7) is 5.75. The summed E-state index contributed by atoms with van der Waals surface area (Å²) < 4.78 is 15.5. The summed E-state index contributed by atoms with van der Waals surface area (Å²) in [6.07, 6.45) is 18.6. The van der Waals surface area contributed by atoms with E-state index in [2.05, 4.69) is 13.5 Å². The number of hydrogen-bond donors (Lipinski definition) is 0. The molecule has 0 bridgehead atoms. The van der Waals surface area contributed by atoms with Crippen LogP contribution in [0.15, 0.2) is 12.7 Å². The lowest BCUT2D eigenvalue weighted by Crippen LogP contribution is -2.12. The van der Waals surface area contributed by atoms with Crippen molar-refractivity contribution in [3.63, 3.8) is 0 Å². The summed E-state index contributed by atoms with van der Waals surface area (Å²) in [5, 5.41) is 0. The third-order valence-corrected chi connectivity index (χ3v) is 5.16. The van der Waals surface area contributed by atoms with Crippen molar-refractivity contribution in [2.75, 3.05) is 13.2 Å². The van der Waals surface area contributed by atoms with Crippen LogP contribution < -0.4 is 0 Å². The van der Waals surface area contributed by atoms with E-state index < -0.39 is 5.97 Å². The van der Waals surface area contributed by atoms with Gasteiger partial charge in [-0.15, -0.1) is 0 Å². The van der Waals surface area contributed by atoms with Crippen molar-refractivity contribution in [3.8, 4) is 0 Å². The first-order chi connectivity index (χ1) is 13.7. The van der Waals surface area contributed by atoms with Gasteiger partial charge in [0.2, 0.25) is 0 Å². The molecule has 0 aromatic heterocycles. The number of carbonyl (C=O) groups is 2. The molecule has 1 rings (SSSR count). The number of esters is 2. The van der Waals surface area contributed by atoms with Crippen LogP contribution in [0.4, 0.5) is 0 Å². The van der Waals surface area contributed by atoms with Crippen LogP contribution in [0.25, 0.3) is 0 Å². The number of epoxide rings is 1. The molecule has 1 heterocycles. The third kappa shape index (κ3) is 13.8. The first-order valence-electron chi connectivity index (χ1n) is 11.3. The molecular weight excluding hydrogens is 356 g/mol. The van der Waals surface area contributed by atoms with Gasteiger partial charge in [-0.05, 0) is 19.3 Å². The van der Waals surface area contributed by atoms with Gasteiger partial charge < -0.3 is 14.2 Å². The molecule has 0 N–H and O–H groups in total. The molecule has 2 unspecified atom stereocenters. The molecule has 0 amide bonds. The summed E-state index contributed by atoms with van der Waals surface area (Å²) in [7, 11) is 0. The Morgan fingerprint density at radius 1 is 0.821 bits per heavy atom. The standard InChI is InChI=1S/C23H40O5/c1-3-5-6-7-9-12-15-20-21(28-20)16-13-10-8-11-14-17-23(25)27-19-18-26-22(24)4-2/h4,20-21H,2-3,5-19H2,1H3. The molecule has 1 fully saturated rings. The Morgan fingerprint density at radius 2 is 1.36 bits per heavy atom. The van der Waals surface area contributed by atoms with Crippen molar-refractivity contribution < 1.29 is 23.8 Å². The van der Waals surface area contributed by atoms with E-state index in [-0.39, 0.29) is 19.2 Å². The first-order valence-corrected chi connectivity index (χ1v) is 11.3. The highest BCUT2D eigenvalue weighted by Crippen LogP contribution is 2.31. The summed E-state index contributed by atoms with van der Waals surface area (Å²) in [5.74, 6) is -0.722. The van der Waals surface area contributed by atoms with E-state index in [1.165, 1.54) is 64.2 Å². The fourth-order valence-electron chi connectivity index (χ4n) is 3.39.